The van der Waals surface area contributed by atoms with Gasteiger partial charge in [-0.1, -0.05) is 20.8 Å². The molecule has 5 atom stereocenters. The molecule has 0 bridgehead atoms. The Balaban J connectivity index is 3.23. The van der Waals surface area contributed by atoms with E-state index >= 15 is 0 Å². The molecule has 0 spiro atoms. The van der Waals surface area contributed by atoms with E-state index in [1.807, 2.05) is 0 Å². The highest BCUT2D eigenvalue weighted by molar-refractivity contribution is 5.91. The number of hydrogen-bond acceptors (Lipinski definition) is 11. The van der Waals surface area contributed by atoms with Gasteiger partial charge in [0.2, 0.25) is 12.4 Å². The number of hydrogen-bond donors (Lipinski definition) is 0. The molecule has 11 heteroatoms. The van der Waals surface area contributed by atoms with Gasteiger partial charge < -0.3 is 28.4 Å². The predicted molar refractivity (Wildman–Crippen MR) is 102 cm³/mol. The van der Waals surface area contributed by atoms with E-state index in [-0.39, 0.29) is 19.3 Å². The Labute approximate surface area is 179 Å². The second-order valence-corrected chi connectivity index (χ2v) is 6.43. The third-order valence-corrected chi connectivity index (χ3v) is 4.18. The standard InChI is InChI=1S/C20H28O11/c1-6-12(21)28-17-11(4)27-20(31-16(25)10-9-15(24)26-5)19(30-14(23)8-3)18(17)29-13(22)7-2/h9-11,17-20H,6-8H2,1-5H3/b10-9+/t11-,17+,18+,19-,20-/m0/s1. The molecule has 0 aromatic rings. The van der Waals surface area contributed by atoms with E-state index in [4.69, 9.17) is 23.7 Å². The van der Waals surface area contributed by atoms with E-state index < -0.39 is 60.6 Å². The van der Waals surface area contributed by atoms with E-state index in [0.29, 0.717) is 0 Å². The largest absolute Gasteiger partial charge is 0.466 e. The van der Waals surface area contributed by atoms with Gasteiger partial charge in [0, 0.05) is 31.4 Å². The maximum atomic E-state index is 12.1. The van der Waals surface area contributed by atoms with Crippen molar-refractivity contribution >= 4 is 29.8 Å². The van der Waals surface area contributed by atoms with Crippen LogP contribution >= 0.6 is 0 Å². The molecule has 1 aliphatic heterocycles. The molecule has 1 aliphatic rings. The Morgan fingerprint density at radius 2 is 1.16 bits per heavy atom. The Morgan fingerprint density at radius 3 is 1.65 bits per heavy atom. The van der Waals surface area contributed by atoms with Crippen LogP contribution in [-0.2, 0) is 52.4 Å². The molecular weight excluding hydrogens is 416 g/mol. The Bertz CT molecular complexity index is 699. The summed E-state index contributed by atoms with van der Waals surface area (Å²) in [5.41, 5.74) is 0. The molecule has 11 nitrogen and oxygen atoms in total. The van der Waals surface area contributed by atoms with Gasteiger partial charge >= 0.3 is 29.8 Å². The highest BCUT2D eigenvalue weighted by Crippen LogP contribution is 2.30. The first-order chi connectivity index (χ1) is 14.7. The number of carbonyl (C=O) groups excluding carboxylic acids is 5. The minimum atomic E-state index is -1.49. The van der Waals surface area contributed by atoms with E-state index in [0.717, 1.165) is 19.3 Å². The van der Waals surface area contributed by atoms with Gasteiger partial charge in [-0.05, 0) is 6.92 Å². The zero-order chi connectivity index (χ0) is 23.6. The van der Waals surface area contributed by atoms with Crippen LogP contribution in [0.5, 0.6) is 0 Å². The van der Waals surface area contributed by atoms with Crippen LogP contribution in [-0.4, -0.2) is 67.7 Å². The molecule has 1 fully saturated rings. The van der Waals surface area contributed by atoms with Crippen molar-refractivity contribution in [3.8, 4) is 0 Å². The maximum absolute atomic E-state index is 12.1. The summed E-state index contributed by atoms with van der Waals surface area (Å²) >= 11 is 0. The Morgan fingerprint density at radius 1 is 0.710 bits per heavy atom. The summed E-state index contributed by atoms with van der Waals surface area (Å²) in [7, 11) is 1.13. The van der Waals surface area contributed by atoms with Crippen molar-refractivity contribution < 1.29 is 52.4 Å². The fourth-order valence-corrected chi connectivity index (χ4v) is 2.55. The average Bonchev–Trinajstić information content (AvgIpc) is 2.76. The Hall–Kier alpha value is -2.95. The molecule has 0 radical (unpaired) electrons. The van der Waals surface area contributed by atoms with Crippen LogP contribution in [0.15, 0.2) is 12.2 Å². The summed E-state index contributed by atoms with van der Waals surface area (Å²) in [5.74, 6) is -3.71. The van der Waals surface area contributed by atoms with Crippen molar-refractivity contribution in [2.45, 2.75) is 77.7 Å². The van der Waals surface area contributed by atoms with E-state index in [2.05, 4.69) is 4.74 Å². The van der Waals surface area contributed by atoms with E-state index in [9.17, 15) is 24.0 Å². The quantitative estimate of drug-likeness (QED) is 0.285. The lowest BCUT2D eigenvalue weighted by Crippen LogP contribution is -2.61. The van der Waals surface area contributed by atoms with Crippen molar-refractivity contribution in [3.05, 3.63) is 12.2 Å². The third kappa shape index (κ3) is 8.00. The molecule has 1 rings (SSSR count). The third-order valence-electron chi connectivity index (χ3n) is 4.18. The van der Waals surface area contributed by atoms with Gasteiger partial charge in [0.1, 0.15) is 0 Å². The fourth-order valence-electron chi connectivity index (χ4n) is 2.55. The summed E-state index contributed by atoms with van der Waals surface area (Å²) in [5, 5.41) is 0. The molecule has 0 saturated carbocycles. The lowest BCUT2D eigenvalue weighted by molar-refractivity contribution is -0.292. The van der Waals surface area contributed by atoms with Gasteiger partial charge in [0.05, 0.1) is 13.2 Å². The summed E-state index contributed by atoms with van der Waals surface area (Å²) in [6.45, 7) is 6.19. The first-order valence-corrected chi connectivity index (χ1v) is 9.87. The molecule has 0 aliphatic carbocycles. The van der Waals surface area contributed by atoms with E-state index in [1.54, 1.807) is 13.8 Å². The molecule has 31 heavy (non-hydrogen) atoms. The SMILES string of the molecule is CCC(=O)O[C@H]1[C@H](OC(=O)CC)[C@H](OC(=O)/C=C/C(=O)OC)O[C@@H](C)[C@H]1OC(=O)CC. The predicted octanol–water partition coefficient (Wildman–Crippen LogP) is 0.969. The molecule has 0 N–H and O–H groups in total. The van der Waals surface area contributed by atoms with E-state index in [1.165, 1.54) is 13.8 Å². The monoisotopic (exact) mass is 444 g/mol. The topological polar surface area (TPSA) is 141 Å². The van der Waals surface area contributed by atoms with Gasteiger partial charge in [0.15, 0.2) is 12.2 Å². The molecule has 0 amide bonds. The van der Waals surface area contributed by atoms with Gasteiger partial charge in [0.25, 0.3) is 0 Å². The van der Waals surface area contributed by atoms with Crippen LogP contribution in [0.2, 0.25) is 0 Å². The number of ether oxygens (including phenoxy) is 6. The van der Waals surface area contributed by atoms with Gasteiger partial charge in [-0.25, -0.2) is 9.59 Å². The summed E-state index contributed by atoms with van der Waals surface area (Å²) in [6, 6.07) is 0. The molecule has 0 aromatic carbocycles. The van der Waals surface area contributed by atoms with Gasteiger partial charge in [-0.2, -0.15) is 0 Å². The lowest BCUT2D eigenvalue weighted by atomic mass is 9.98. The van der Waals surface area contributed by atoms with Crippen LogP contribution in [0.4, 0.5) is 0 Å². The minimum Gasteiger partial charge on any atom is -0.466 e. The second-order valence-electron chi connectivity index (χ2n) is 6.43. The first kappa shape index (κ1) is 26.1. The lowest BCUT2D eigenvalue weighted by Gasteiger charge is -2.43. The highest BCUT2D eigenvalue weighted by atomic mass is 16.7. The maximum Gasteiger partial charge on any atom is 0.333 e. The van der Waals surface area contributed by atoms with Crippen molar-refractivity contribution in [1.29, 1.82) is 0 Å². The highest BCUT2D eigenvalue weighted by Gasteiger charge is 2.52. The van der Waals surface area contributed by atoms with Gasteiger partial charge in [-0.3, -0.25) is 14.4 Å². The van der Waals surface area contributed by atoms with Gasteiger partial charge in [-0.15, -0.1) is 0 Å². The molecular formula is C20H28O11. The smallest absolute Gasteiger partial charge is 0.333 e. The minimum absolute atomic E-state index is 0.000940. The van der Waals surface area contributed by atoms with Crippen LogP contribution in [0.25, 0.3) is 0 Å². The zero-order valence-electron chi connectivity index (χ0n) is 18.2. The van der Waals surface area contributed by atoms with Crippen LogP contribution in [0, 0.1) is 0 Å². The fraction of sp³-hybridized carbons (Fsp3) is 0.650. The number of esters is 5. The van der Waals surface area contributed by atoms with Crippen LogP contribution in [0.1, 0.15) is 47.0 Å². The number of rotatable bonds is 9. The normalized spacial score (nSPS) is 25.4. The second kappa shape index (κ2) is 12.7. The summed E-state index contributed by atoms with van der Waals surface area (Å²) in [4.78, 5) is 59.2. The molecule has 0 unspecified atom stereocenters. The van der Waals surface area contributed by atoms with Crippen molar-refractivity contribution in [3.63, 3.8) is 0 Å². The van der Waals surface area contributed by atoms with Crippen molar-refractivity contribution in [1.82, 2.24) is 0 Å². The number of carbonyl (C=O) groups is 5. The average molecular weight is 444 g/mol. The molecule has 1 heterocycles. The van der Waals surface area contributed by atoms with Crippen LogP contribution < -0.4 is 0 Å². The van der Waals surface area contributed by atoms with Crippen molar-refractivity contribution in [2.75, 3.05) is 7.11 Å². The zero-order valence-corrected chi connectivity index (χ0v) is 18.2. The molecule has 0 aromatic heterocycles. The molecule has 1 saturated heterocycles. The number of methoxy groups -OCH3 is 1. The summed E-state index contributed by atoms with van der Waals surface area (Å²) < 4.78 is 31.3. The first-order valence-electron chi connectivity index (χ1n) is 9.87. The molecule has 174 valence electrons. The van der Waals surface area contributed by atoms with Crippen LogP contribution in [0.3, 0.4) is 0 Å². The Kier molecular flexibility index (Phi) is 10.7. The summed E-state index contributed by atoms with van der Waals surface area (Å²) in [6.07, 6.45) is -4.53. The van der Waals surface area contributed by atoms with Crippen molar-refractivity contribution in [2.24, 2.45) is 0 Å².